The number of nitrogens with one attached hydrogen (secondary N) is 1. The molecule has 1 aromatic rings. The summed E-state index contributed by atoms with van der Waals surface area (Å²) in [5.41, 5.74) is 0.716. The van der Waals surface area contributed by atoms with Crippen molar-refractivity contribution < 1.29 is 14.7 Å². The number of aliphatic carboxylic acids is 1. The van der Waals surface area contributed by atoms with E-state index in [0.29, 0.717) is 17.3 Å². The highest BCUT2D eigenvalue weighted by atomic mass is 32.2. The van der Waals surface area contributed by atoms with Crippen LogP contribution in [0.4, 0.5) is 10.5 Å². The minimum Gasteiger partial charge on any atom is -0.480 e. The van der Waals surface area contributed by atoms with E-state index in [9.17, 15) is 9.59 Å². The highest BCUT2D eigenvalue weighted by Crippen LogP contribution is 2.23. The van der Waals surface area contributed by atoms with Crippen molar-refractivity contribution >= 4 is 29.4 Å². The van der Waals surface area contributed by atoms with Gasteiger partial charge in [-0.25, -0.2) is 9.59 Å². The molecule has 1 saturated heterocycles. The van der Waals surface area contributed by atoms with Gasteiger partial charge in [-0.2, -0.15) is 10.5 Å². The number of carbonyl (C=O) groups is 2. The topological polar surface area (TPSA) is 117 Å². The Morgan fingerprint density at radius 2 is 2.05 bits per heavy atom. The van der Waals surface area contributed by atoms with Crippen molar-refractivity contribution in [3.63, 3.8) is 0 Å². The van der Waals surface area contributed by atoms with E-state index >= 15 is 0 Å². The number of hydrogen-bond acceptors (Lipinski definition) is 5. The van der Waals surface area contributed by atoms with Gasteiger partial charge in [-0.3, -0.25) is 0 Å². The second-order valence-electron chi connectivity index (χ2n) is 4.24. The number of carboxylic acids is 1. The number of thioether (sulfide) groups is 1. The van der Waals surface area contributed by atoms with Crippen molar-refractivity contribution in [3.05, 3.63) is 29.3 Å². The lowest BCUT2D eigenvalue weighted by atomic mass is 10.1. The predicted octanol–water partition coefficient (Wildman–Crippen LogP) is 1.42. The SMILES string of the molecule is N#Cc1ccc(NC(=O)N2CSCC2C(=O)O)cc1C#N. The average molecular weight is 302 g/mol. The number of benzene rings is 1. The Bertz CT molecular complexity index is 677. The average Bonchev–Trinajstić information content (AvgIpc) is 2.96. The number of urea groups is 1. The van der Waals surface area contributed by atoms with E-state index in [0.717, 1.165) is 0 Å². The zero-order chi connectivity index (χ0) is 15.4. The summed E-state index contributed by atoms with van der Waals surface area (Å²) in [5, 5.41) is 29.3. The Kier molecular flexibility index (Phi) is 4.31. The minimum absolute atomic E-state index is 0.154. The summed E-state index contributed by atoms with van der Waals surface area (Å²) in [4.78, 5) is 24.3. The molecular formula is C13H10N4O3S. The zero-order valence-electron chi connectivity index (χ0n) is 10.7. The molecule has 0 saturated carbocycles. The molecular weight excluding hydrogens is 292 g/mol. The van der Waals surface area contributed by atoms with E-state index in [2.05, 4.69) is 5.32 Å². The third-order valence-electron chi connectivity index (χ3n) is 2.94. The van der Waals surface area contributed by atoms with Crippen LogP contribution in [0.1, 0.15) is 11.1 Å². The molecule has 1 heterocycles. The van der Waals surface area contributed by atoms with Gasteiger partial charge in [-0.1, -0.05) is 0 Å². The van der Waals surface area contributed by atoms with Crippen LogP contribution < -0.4 is 5.32 Å². The first kappa shape index (κ1) is 14.7. The lowest BCUT2D eigenvalue weighted by Crippen LogP contribution is -2.43. The van der Waals surface area contributed by atoms with Crippen LogP contribution >= 0.6 is 11.8 Å². The molecule has 2 rings (SSSR count). The van der Waals surface area contributed by atoms with Gasteiger partial charge in [0.15, 0.2) is 0 Å². The summed E-state index contributed by atoms with van der Waals surface area (Å²) in [6.07, 6.45) is 0. The molecule has 1 aliphatic heterocycles. The fourth-order valence-corrected chi connectivity index (χ4v) is 3.00. The van der Waals surface area contributed by atoms with Gasteiger partial charge in [0, 0.05) is 11.4 Å². The van der Waals surface area contributed by atoms with Crippen molar-refractivity contribution in [2.24, 2.45) is 0 Å². The van der Waals surface area contributed by atoms with Crippen molar-refractivity contribution in [1.29, 1.82) is 10.5 Å². The first-order valence-electron chi connectivity index (χ1n) is 5.89. The van der Waals surface area contributed by atoms with E-state index in [-0.39, 0.29) is 11.1 Å². The molecule has 0 aromatic heterocycles. The molecule has 2 amide bonds. The van der Waals surface area contributed by atoms with Gasteiger partial charge in [0.2, 0.25) is 0 Å². The molecule has 0 aliphatic carbocycles. The molecule has 0 spiro atoms. The molecule has 8 heteroatoms. The van der Waals surface area contributed by atoms with Gasteiger partial charge in [-0.15, -0.1) is 11.8 Å². The van der Waals surface area contributed by atoms with Crippen LogP contribution in [-0.4, -0.2) is 39.7 Å². The summed E-state index contributed by atoms with van der Waals surface area (Å²) in [7, 11) is 0. The van der Waals surface area contributed by atoms with Gasteiger partial charge < -0.3 is 15.3 Å². The number of hydrogen-bond donors (Lipinski definition) is 2. The molecule has 1 fully saturated rings. The maximum atomic E-state index is 12.1. The molecule has 1 atom stereocenters. The number of carboxylic acid groups (broad SMARTS) is 1. The third kappa shape index (κ3) is 3.07. The van der Waals surface area contributed by atoms with Crippen molar-refractivity contribution in [2.75, 3.05) is 16.9 Å². The minimum atomic E-state index is -1.05. The maximum absolute atomic E-state index is 12.1. The van der Waals surface area contributed by atoms with Crippen molar-refractivity contribution in [1.82, 2.24) is 4.90 Å². The lowest BCUT2D eigenvalue weighted by Gasteiger charge is -2.20. The van der Waals surface area contributed by atoms with Crippen LogP contribution in [0.3, 0.4) is 0 Å². The quantitative estimate of drug-likeness (QED) is 0.853. The Hall–Kier alpha value is -2.71. The number of amides is 2. The fourth-order valence-electron chi connectivity index (χ4n) is 1.85. The summed E-state index contributed by atoms with van der Waals surface area (Å²) in [6, 6.07) is 6.66. The monoisotopic (exact) mass is 302 g/mol. The van der Waals surface area contributed by atoms with Gasteiger partial charge in [0.25, 0.3) is 0 Å². The lowest BCUT2D eigenvalue weighted by molar-refractivity contribution is -0.140. The molecule has 2 N–H and O–H groups in total. The van der Waals surface area contributed by atoms with Crippen LogP contribution in [0, 0.1) is 22.7 Å². The number of carbonyl (C=O) groups excluding carboxylic acids is 1. The first-order valence-corrected chi connectivity index (χ1v) is 7.04. The number of nitriles is 2. The number of rotatable bonds is 2. The Labute approximate surface area is 124 Å². The second kappa shape index (κ2) is 6.16. The van der Waals surface area contributed by atoms with E-state index in [1.54, 1.807) is 0 Å². The third-order valence-corrected chi connectivity index (χ3v) is 3.95. The first-order chi connectivity index (χ1) is 10.1. The molecule has 1 unspecified atom stereocenters. The fraction of sp³-hybridized carbons (Fsp3) is 0.231. The zero-order valence-corrected chi connectivity index (χ0v) is 11.6. The molecule has 1 aliphatic rings. The predicted molar refractivity (Wildman–Crippen MR) is 75.5 cm³/mol. The second-order valence-corrected chi connectivity index (χ2v) is 5.24. The Morgan fingerprint density at radius 3 is 2.67 bits per heavy atom. The summed E-state index contributed by atoms with van der Waals surface area (Å²) in [5.74, 6) is -0.406. The normalized spacial score (nSPS) is 16.9. The molecule has 7 nitrogen and oxygen atoms in total. The number of nitrogens with zero attached hydrogens (tertiary/aromatic N) is 3. The van der Waals surface area contributed by atoms with Gasteiger partial charge in [0.1, 0.15) is 18.2 Å². The number of anilines is 1. The van der Waals surface area contributed by atoms with Gasteiger partial charge in [0.05, 0.1) is 17.0 Å². The highest BCUT2D eigenvalue weighted by Gasteiger charge is 2.34. The van der Waals surface area contributed by atoms with E-state index in [1.165, 1.54) is 34.9 Å². The molecule has 21 heavy (non-hydrogen) atoms. The summed E-state index contributed by atoms with van der Waals surface area (Å²) in [6.45, 7) is 0. The summed E-state index contributed by atoms with van der Waals surface area (Å²) >= 11 is 1.36. The van der Waals surface area contributed by atoms with Crippen LogP contribution in [0.2, 0.25) is 0 Å². The smallest absolute Gasteiger partial charge is 0.327 e. The van der Waals surface area contributed by atoms with Crippen LogP contribution in [0.15, 0.2) is 18.2 Å². The Balaban J connectivity index is 2.15. The summed E-state index contributed by atoms with van der Waals surface area (Å²) < 4.78 is 0. The van der Waals surface area contributed by atoms with Gasteiger partial charge >= 0.3 is 12.0 Å². The van der Waals surface area contributed by atoms with Crippen LogP contribution in [-0.2, 0) is 4.79 Å². The van der Waals surface area contributed by atoms with Gasteiger partial charge in [-0.05, 0) is 18.2 Å². The van der Waals surface area contributed by atoms with Crippen LogP contribution in [0.5, 0.6) is 0 Å². The molecule has 1 aromatic carbocycles. The van der Waals surface area contributed by atoms with E-state index in [4.69, 9.17) is 15.6 Å². The van der Waals surface area contributed by atoms with E-state index in [1.807, 2.05) is 12.1 Å². The van der Waals surface area contributed by atoms with Crippen molar-refractivity contribution in [2.45, 2.75) is 6.04 Å². The molecule has 0 bridgehead atoms. The highest BCUT2D eigenvalue weighted by molar-refractivity contribution is 7.99. The molecule has 106 valence electrons. The van der Waals surface area contributed by atoms with Crippen molar-refractivity contribution in [3.8, 4) is 12.1 Å². The standard InChI is InChI=1S/C13H10N4O3S/c14-4-8-1-2-10(3-9(8)5-15)16-13(20)17-7-21-6-11(17)12(18)19/h1-3,11H,6-7H2,(H,16,20)(H,18,19). The van der Waals surface area contributed by atoms with Crippen LogP contribution in [0.25, 0.3) is 0 Å². The molecule has 0 radical (unpaired) electrons. The Morgan fingerprint density at radius 1 is 1.33 bits per heavy atom. The largest absolute Gasteiger partial charge is 0.480 e. The maximum Gasteiger partial charge on any atom is 0.327 e. The van der Waals surface area contributed by atoms with E-state index < -0.39 is 18.0 Å².